The van der Waals surface area contributed by atoms with Crippen molar-refractivity contribution in [3.8, 4) is 28.5 Å². The topological polar surface area (TPSA) is 82.6 Å². The van der Waals surface area contributed by atoms with Gasteiger partial charge in [0.1, 0.15) is 5.01 Å². The number of hydrogen-bond donors (Lipinski definition) is 1. The van der Waals surface area contributed by atoms with Gasteiger partial charge < -0.3 is 19.5 Å². The Morgan fingerprint density at radius 1 is 1.15 bits per heavy atom. The highest BCUT2D eigenvalue weighted by atomic mass is 32.1. The number of rotatable bonds is 7. The molecule has 7 nitrogen and oxygen atoms in total. The molecule has 0 saturated heterocycles. The van der Waals surface area contributed by atoms with Gasteiger partial charge in [-0.1, -0.05) is 0 Å². The van der Waals surface area contributed by atoms with Gasteiger partial charge in [0.2, 0.25) is 5.75 Å². The van der Waals surface area contributed by atoms with E-state index in [1.807, 2.05) is 17.5 Å². The van der Waals surface area contributed by atoms with Crippen LogP contribution in [-0.2, 0) is 6.54 Å². The van der Waals surface area contributed by atoms with Crippen molar-refractivity contribution in [1.82, 2.24) is 15.3 Å². The highest BCUT2D eigenvalue weighted by Crippen LogP contribution is 2.38. The van der Waals surface area contributed by atoms with Crippen molar-refractivity contribution >= 4 is 17.2 Å². The first kappa shape index (κ1) is 18.7. The van der Waals surface area contributed by atoms with Crippen LogP contribution in [0.4, 0.5) is 0 Å². The highest BCUT2D eigenvalue weighted by molar-refractivity contribution is 7.09. The van der Waals surface area contributed by atoms with Gasteiger partial charge in [-0.3, -0.25) is 9.78 Å². The molecule has 0 saturated carbocycles. The quantitative estimate of drug-likeness (QED) is 0.673. The Morgan fingerprint density at radius 2 is 1.89 bits per heavy atom. The van der Waals surface area contributed by atoms with Crippen LogP contribution in [0.5, 0.6) is 17.2 Å². The first-order chi connectivity index (χ1) is 13.2. The van der Waals surface area contributed by atoms with E-state index in [1.54, 1.807) is 24.5 Å². The molecule has 27 heavy (non-hydrogen) atoms. The van der Waals surface area contributed by atoms with E-state index in [0.717, 1.165) is 16.3 Å². The van der Waals surface area contributed by atoms with Crippen LogP contribution in [0.1, 0.15) is 15.4 Å². The molecule has 2 aromatic heterocycles. The fraction of sp³-hybridized carbons (Fsp3) is 0.211. The molecule has 1 amide bonds. The lowest BCUT2D eigenvalue weighted by Gasteiger charge is -2.13. The molecule has 140 valence electrons. The zero-order valence-electron chi connectivity index (χ0n) is 15.2. The van der Waals surface area contributed by atoms with Gasteiger partial charge in [0.05, 0.1) is 33.6 Å². The summed E-state index contributed by atoms with van der Waals surface area (Å²) in [6.07, 6.45) is 3.47. The van der Waals surface area contributed by atoms with E-state index < -0.39 is 0 Å². The Morgan fingerprint density at radius 3 is 2.48 bits per heavy atom. The van der Waals surface area contributed by atoms with Gasteiger partial charge in [-0.05, 0) is 24.3 Å². The molecular weight excluding hydrogens is 366 g/mol. The summed E-state index contributed by atoms with van der Waals surface area (Å²) in [6, 6.07) is 7.03. The standard InChI is InChI=1S/C19H19N3O4S/c1-24-15-7-13(8-16(25-2)18(15)26-3)19(23)21-10-17-22-14(11-27-17)12-5-4-6-20-9-12/h4-9,11H,10H2,1-3H3,(H,21,23). The SMILES string of the molecule is COc1cc(C(=O)NCc2nc(-c3cccnc3)cs2)cc(OC)c1OC. The first-order valence-corrected chi connectivity index (χ1v) is 8.97. The molecule has 8 heteroatoms. The lowest BCUT2D eigenvalue weighted by Crippen LogP contribution is -2.22. The molecule has 0 fully saturated rings. The zero-order valence-corrected chi connectivity index (χ0v) is 16.0. The number of amides is 1. The summed E-state index contributed by atoms with van der Waals surface area (Å²) >= 11 is 1.48. The second-order valence-electron chi connectivity index (χ2n) is 5.46. The van der Waals surface area contributed by atoms with Gasteiger partial charge in [-0.15, -0.1) is 11.3 Å². The van der Waals surface area contributed by atoms with Gasteiger partial charge in [0.15, 0.2) is 11.5 Å². The fourth-order valence-corrected chi connectivity index (χ4v) is 3.25. The van der Waals surface area contributed by atoms with Crippen LogP contribution in [0.2, 0.25) is 0 Å². The number of pyridine rings is 1. The summed E-state index contributed by atoms with van der Waals surface area (Å²) in [4.78, 5) is 21.2. The average Bonchev–Trinajstić information content (AvgIpc) is 3.20. The van der Waals surface area contributed by atoms with Crippen molar-refractivity contribution in [3.05, 3.63) is 52.6 Å². The molecule has 3 rings (SSSR count). The highest BCUT2D eigenvalue weighted by Gasteiger charge is 2.17. The number of benzene rings is 1. The third-order valence-electron chi connectivity index (χ3n) is 3.84. The molecule has 0 atom stereocenters. The maximum absolute atomic E-state index is 12.5. The van der Waals surface area contributed by atoms with Crippen molar-refractivity contribution in [1.29, 1.82) is 0 Å². The van der Waals surface area contributed by atoms with Crippen molar-refractivity contribution in [2.45, 2.75) is 6.54 Å². The number of carbonyl (C=O) groups excluding carboxylic acids is 1. The number of nitrogens with zero attached hydrogens (tertiary/aromatic N) is 2. The summed E-state index contributed by atoms with van der Waals surface area (Å²) in [5.74, 6) is 1.04. The van der Waals surface area contributed by atoms with Crippen molar-refractivity contribution in [2.75, 3.05) is 21.3 Å². The number of methoxy groups -OCH3 is 3. The molecule has 2 heterocycles. The maximum Gasteiger partial charge on any atom is 0.251 e. The Balaban J connectivity index is 1.72. The maximum atomic E-state index is 12.5. The Bertz CT molecular complexity index is 903. The summed E-state index contributed by atoms with van der Waals surface area (Å²) in [6.45, 7) is 0.320. The minimum absolute atomic E-state index is 0.257. The van der Waals surface area contributed by atoms with Gasteiger partial charge >= 0.3 is 0 Å². The number of carbonyl (C=O) groups is 1. The second-order valence-corrected chi connectivity index (χ2v) is 6.41. The van der Waals surface area contributed by atoms with E-state index >= 15 is 0 Å². The van der Waals surface area contributed by atoms with E-state index in [0.29, 0.717) is 29.4 Å². The van der Waals surface area contributed by atoms with Gasteiger partial charge in [-0.2, -0.15) is 0 Å². The van der Waals surface area contributed by atoms with E-state index in [2.05, 4.69) is 15.3 Å². The van der Waals surface area contributed by atoms with Crippen LogP contribution in [0, 0.1) is 0 Å². The Kier molecular flexibility index (Phi) is 5.87. The van der Waals surface area contributed by atoms with E-state index in [1.165, 1.54) is 32.7 Å². The molecule has 0 spiro atoms. The number of ether oxygens (including phenoxy) is 3. The minimum atomic E-state index is -0.257. The fourth-order valence-electron chi connectivity index (χ4n) is 2.51. The molecule has 0 unspecified atom stereocenters. The molecule has 1 aromatic carbocycles. The van der Waals surface area contributed by atoms with E-state index in [9.17, 15) is 4.79 Å². The molecular formula is C19H19N3O4S. The predicted molar refractivity (Wildman–Crippen MR) is 103 cm³/mol. The van der Waals surface area contributed by atoms with Crippen molar-refractivity contribution in [2.24, 2.45) is 0 Å². The van der Waals surface area contributed by atoms with Crippen LogP contribution in [-0.4, -0.2) is 37.2 Å². The van der Waals surface area contributed by atoms with Crippen LogP contribution in [0.25, 0.3) is 11.3 Å². The molecule has 0 aliphatic rings. The molecule has 0 bridgehead atoms. The third-order valence-corrected chi connectivity index (χ3v) is 4.68. The monoisotopic (exact) mass is 385 g/mol. The van der Waals surface area contributed by atoms with Crippen molar-refractivity contribution in [3.63, 3.8) is 0 Å². The smallest absolute Gasteiger partial charge is 0.251 e. The van der Waals surface area contributed by atoms with Crippen LogP contribution >= 0.6 is 11.3 Å². The Hall–Kier alpha value is -3.13. The zero-order chi connectivity index (χ0) is 19.2. The number of hydrogen-bond acceptors (Lipinski definition) is 7. The molecule has 0 aliphatic carbocycles. The number of aromatic nitrogens is 2. The van der Waals surface area contributed by atoms with E-state index in [4.69, 9.17) is 14.2 Å². The summed E-state index contributed by atoms with van der Waals surface area (Å²) in [5, 5.41) is 5.60. The predicted octanol–water partition coefficient (Wildman–Crippen LogP) is 3.16. The third kappa shape index (κ3) is 4.17. The average molecular weight is 385 g/mol. The van der Waals surface area contributed by atoms with Crippen LogP contribution in [0.15, 0.2) is 42.0 Å². The summed E-state index contributed by atoms with van der Waals surface area (Å²) in [5.41, 5.74) is 2.19. The summed E-state index contributed by atoms with van der Waals surface area (Å²) < 4.78 is 15.8. The Labute approximate surface area is 161 Å². The first-order valence-electron chi connectivity index (χ1n) is 8.09. The molecule has 3 aromatic rings. The van der Waals surface area contributed by atoms with Gasteiger partial charge in [0.25, 0.3) is 5.91 Å². The van der Waals surface area contributed by atoms with Crippen molar-refractivity contribution < 1.29 is 19.0 Å². The van der Waals surface area contributed by atoms with E-state index in [-0.39, 0.29) is 5.91 Å². The van der Waals surface area contributed by atoms with Crippen LogP contribution < -0.4 is 19.5 Å². The normalized spacial score (nSPS) is 10.3. The number of nitrogens with one attached hydrogen (secondary N) is 1. The lowest BCUT2D eigenvalue weighted by atomic mass is 10.1. The molecule has 1 N–H and O–H groups in total. The molecule has 0 radical (unpaired) electrons. The lowest BCUT2D eigenvalue weighted by molar-refractivity contribution is 0.0950. The van der Waals surface area contributed by atoms with Gasteiger partial charge in [0, 0.05) is 28.9 Å². The van der Waals surface area contributed by atoms with Gasteiger partial charge in [-0.25, -0.2) is 4.98 Å². The largest absolute Gasteiger partial charge is 0.493 e. The number of thiazole rings is 1. The summed E-state index contributed by atoms with van der Waals surface area (Å²) in [7, 11) is 4.53. The second kappa shape index (κ2) is 8.50. The minimum Gasteiger partial charge on any atom is -0.493 e. The van der Waals surface area contributed by atoms with Crippen LogP contribution in [0.3, 0.4) is 0 Å². The molecule has 0 aliphatic heterocycles.